The topological polar surface area (TPSA) is 26.3 Å². The van der Waals surface area contributed by atoms with Crippen molar-refractivity contribution in [2.75, 3.05) is 0 Å². The van der Waals surface area contributed by atoms with Crippen LogP contribution in [0.4, 0.5) is 0 Å². The summed E-state index contributed by atoms with van der Waals surface area (Å²) >= 11 is 1.87. The molecule has 0 radical (unpaired) electrons. The average Bonchev–Trinajstić information content (AvgIpc) is 3.78. The predicted octanol–water partition coefficient (Wildman–Crippen LogP) is 12.3. The van der Waals surface area contributed by atoms with Crippen LogP contribution in [0.3, 0.4) is 0 Å². The van der Waals surface area contributed by atoms with E-state index in [9.17, 15) is 0 Å². The molecule has 200 valence electrons. The van der Waals surface area contributed by atoms with Gasteiger partial charge in [-0.1, -0.05) is 84.9 Å². The van der Waals surface area contributed by atoms with Crippen LogP contribution in [-0.4, -0.2) is 0 Å². The van der Waals surface area contributed by atoms with Gasteiger partial charge < -0.3 is 8.83 Å². The summed E-state index contributed by atoms with van der Waals surface area (Å²) in [6.45, 7) is 0. The highest BCUT2D eigenvalue weighted by Gasteiger charge is 2.20. The van der Waals surface area contributed by atoms with Crippen LogP contribution in [0.5, 0.6) is 0 Å². The molecule has 0 aliphatic rings. The summed E-state index contributed by atoms with van der Waals surface area (Å²) in [7, 11) is 0. The Balaban J connectivity index is 1.34. The van der Waals surface area contributed by atoms with Crippen LogP contribution in [0.1, 0.15) is 0 Å². The maximum absolute atomic E-state index is 6.28. The molecule has 0 bridgehead atoms. The van der Waals surface area contributed by atoms with Gasteiger partial charge >= 0.3 is 0 Å². The zero-order chi connectivity index (χ0) is 28.1. The Labute approximate surface area is 250 Å². The Morgan fingerprint density at radius 1 is 0.465 bits per heavy atom. The molecule has 0 atom stereocenters. The lowest BCUT2D eigenvalue weighted by molar-refractivity contribution is 0.618. The summed E-state index contributed by atoms with van der Waals surface area (Å²) in [5, 5.41) is 10.8. The normalized spacial score (nSPS) is 12.2. The van der Waals surface area contributed by atoms with Crippen LogP contribution in [-0.2, 0) is 0 Å². The van der Waals surface area contributed by atoms with Crippen molar-refractivity contribution in [1.29, 1.82) is 0 Å². The lowest BCUT2D eigenvalue weighted by Crippen LogP contribution is -1.91. The summed E-state index contributed by atoms with van der Waals surface area (Å²) in [4.78, 5) is 0. The molecule has 10 aromatic rings. The van der Waals surface area contributed by atoms with Gasteiger partial charge in [0.15, 0.2) is 0 Å². The molecule has 0 spiro atoms. The van der Waals surface area contributed by atoms with E-state index in [1.165, 1.54) is 58.4 Å². The number of fused-ring (bicyclic) bond motifs is 10. The molecular weight excluding hydrogens is 545 g/mol. The molecule has 0 saturated heterocycles. The van der Waals surface area contributed by atoms with E-state index in [0.29, 0.717) is 0 Å². The Morgan fingerprint density at radius 3 is 1.93 bits per heavy atom. The highest BCUT2D eigenvalue weighted by Crippen LogP contribution is 2.48. The summed E-state index contributed by atoms with van der Waals surface area (Å²) in [6.07, 6.45) is 1.75. The molecule has 0 aliphatic heterocycles. The number of hydrogen-bond acceptors (Lipinski definition) is 3. The molecule has 0 saturated carbocycles. The first-order valence-electron chi connectivity index (χ1n) is 14.5. The molecule has 0 unspecified atom stereocenters. The zero-order valence-corrected chi connectivity index (χ0v) is 23.7. The van der Waals surface area contributed by atoms with Gasteiger partial charge in [0.2, 0.25) is 0 Å². The van der Waals surface area contributed by atoms with Crippen molar-refractivity contribution in [2.24, 2.45) is 0 Å². The Morgan fingerprint density at radius 2 is 1.14 bits per heavy atom. The third-order valence-electron chi connectivity index (χ3n) is 8.94. The van der Waals surface area contributed by atoms with Gasteiger partial charge in [0.05, 0.1) is 11.6 Å². The molecule has 3 aromatic heterocycles. The minimum atomic E-state index is 0.843. The largest absolute Gasteiger partial charge is 0.464 e. The third kappa shape index (κ3) is 3.17. The van der Waals surface area contributed by atoms with Crippen LogP contribution >= 0.6 is 11.3 Å². The van der Waals surface area contributed by atoms with Crippen molar-refractivity contribution in [3.63, 3.8) is 0 Å². The van der Waals surface area contributed by atoms with Crippen molar-refractivity contribution < 1.29 is 8.83 Å². The van der Waals surface area contributed by atoms with E-state index in [1.807, 2.05) is 23.5 Å². The standard InChI is InChI=1S/C40H22O2S/c1-3-10-27-25(8-1)36(24-17-18-32-31(22-24)39-33(42-32)19-16-23-20-21-41-40(23)39)26-9-2-4-11-28(26)37(27)30-13-7-15-35-38(30)29-12-5-6-14-34(29)43-35/h1-22H. The second kappa shape index (κ2) is 8.57. The summed E-state index contributed by atoms with van der Waals surface area (Å²) in [5.41, 5.74) is 7.55. The smallest absolute Gasteiger partial charge is 0.145 e. The fourth-order valence-electron chi connectivity index (χ4n) is 7.16. The van der Waals surface area contributed by atoms with Crippen LogP contribution < -0.4 is 0 Å². The third-order valence-corrected chi connectivity index (χ3v) is 10.1. The van der Waals surface area contributed by atoms with Crippen LogP contribution in [0.2, 0.25) is 0 Å². The number of hydrogen-bond donors (Lipinski definition) is 0. The predicted molar refractivity (Wildman–Crippen MR) is 182 cm³/mol. The molecule has 10 rings (SSSR count). The van der Waals surface area contributed by atoms with E-state index in [-0.39, 0.29) is 0 Å². The van der Waals surface area contributed by atoms with E-state index in [1.54, 1.807) is 6.26 Å². The zero-order valence-electron chi connectivity index (χ0n) is 22.9. The van der Waals surface area contributed by atoms with Gasteiger partial charge in [-0.2, -0.15) is 0 Å². The molecule has 7 aromatic carbocycles. The molecule has 2 nitrogen and oxygen atoms in total. The first kappa shape index (κ1) is 23.2. The van der Waals surface area contributed by atoms with Gasteiger partial charge in [0.1, 0.15) is 16.7 Å². The fraction of sp³-hybridized carbons (Fsp3) is 0. The van der Waals surface area contributed by atoms with E-state index < -0.39 is 0 Å². The summed E-state index contributed by atoms with van der Waals surface area (Å²) < 4.78 is 14.9. The quantitative estimate of drug-likeness (QED) is 0.195. The Kier molecular flexibility index (Phi) is 4.63. The lowest BCUT2D eigenvalue weighted by atomic mass is 9.85. The minimum absolute atomic E-state index is 0.843. The maximum atomic E-state index is 6.28. The van der Waals surface area contributed by atoms with Crippen molar-refractivity contribution in [3.05, 3.63) is 134 Å². The molecule has 0 fully saturated rings. The molecule has 3 heteroatoms. The molecule has 43 heavy (non-hydrogen) atoms. The molecule has 0 aliphatic carbocycles. The van der Waals surface area contributed by atoms with E-state index in [0.717, 1.165) is 38.5 Å². The van der Waals surface area contributed by atoms with Gasteiger partial charge in [0, 0.05) is 30.9 Å². The highest BCUT2D eigenvalue weighted by molar-refractivity contribution is 7.25. The van der Waals surface area contributed by atoms with Crippen molar-refractivity contribution >= 4 is 86.0 Å². The number of rotatable bonds is 2. The number of thiophene rings is 1. The number of benzene rings is 7. The lowest BCUT2D eigenvalue weighted by Gasteiger charge is -2.18. The molecule has 0 N–H and O–H groups in total. The fourth-order valence-corrected chi connectivity index (χ4v) is 8.29. The molecule has 3 heterocycles. The maximum Gasteiger partial charge on any atom is 0.145 e. The van der Waals surface area contributed by atoms with Gasteiger partial charge in [-0.3, -0.25) is 0 Å². The minimum Gasteiger partial charge on any atom is -0.464 e. The van der Waals surface area contributed by atoms with Crippen molar-refractivity contribution in [2.45, 2.75) is 0 Å². The average molecular weight is 567 g/mol. The molecule has 0 amide bonds. The van der Waals surface area contributed by atoms with E-state index in [2.05, 4.69) is 115 Å². The van der Waals surface area contributed by atoms with Gasteiger partial charge in [-0.25, -0.2) is 0 Å². The monoisotopic (exact) mass is 566 g/mol. The first-order chi connectivity index (χ1) is 21.3. The van der Waals surface area contributed by atoms with E-state index >= 15 is 0 Å². The summed E-state index contributed by atoms with van der Waals surface area (Å²) in [6, 6.07) is 46.0. The molecular formula is C40H22O2S. The van der Waals surface area contributed by atoms with Crippen molar-refractivity contribution in [1.82, 2.24) is 0 Å². The highest BCUT2D eigenvalue weighted by atomic mass is 32.1. The van der Waals surface area contributed by atoms with E-state index in [4.69, 9.17) is 8.83 Å². The van der Waals surface area contributed by atoms with Gasteiger partial charge in [-0.15, -0.1) is 11.3 Å². The number of furan rings is 2. The Hall–Kier alpha value is -5.38. The second-order valence-electron chi connectivity index (χ2n) is 11.2. The van der Waals surface area contributed by atoms with Gasteiger partial charge in [-0.05, 0) is 86.3 Å². The second-order valence-corrected chi connectivity index (χ2v) is 12.3. The van der Waals surface area contributed by atoms with Crippen molar-refractivity contribution in [3.8, 4) is 22.3 Å². The van der Waals surface area contributed by atoms with Gasteiger partial charge in [0.25, 0.3) is 0 Å². The first-order valence-corrected chi connectivity index (χ1v) is 15.3. The van der Waals surface area contributed by atoms with Crippen LogP contribution in [0.15, 0.2) is 142 Å². The SMILES string of the molecule is c1ccc2c(c1)sc1cccc(-c3c4ccccc4c(-c4ccc5oc6ccc7ccoc7c6c5c4)c4ccccc34)c12. The Bertz CT molecular complexity index is 2680. The van der Waals surface area contributed by atoms with Crippen LogP contribution in [0, 0.1) is 0 Å². The van der Waals surface area contributed by atoms with Crippen LogP contribution in [0.25, 0.3) is 96.9 Å². The summed E-state index contributed by atoms with van der Waals surface area (Å²) in [5.74, 6) is 0.